The van der Waals surface area contributed by atoms with Crippen LogP contribution in [0.3, 0.4) is 0 Å². The van der Waals surface area contributed by atoms with Gasteiger partial charge in [0, 0.05) is 34.8 Å². The average molecular weight is 368 g/mol. The zero-order chi connectivity index (χ0) is 15.4. The van der Waals surface area contributed by atoms with Gasteiger partial charge in [0.25, 0.3) is 0 Å². The van der Waals surface area contributed by atoms with Gasteiger partial charge in [-0.15, -0.1) is 0 Å². The molecule has 0 heterocycles. The second-order valence-corrected chi connectivity index (χ2v) is 6.73. The average Bonchev–Trinajstić information content (AvgIpc) is 2.40. The summed E-state index contributed by atoms with van der Waals surface area (Å²) in [6.07, 6.45) is 0.874. The van der Waals surface area contributed by atoms with E-state index in [0.717, 1.165) is 28.1 Å². The molecule has 0 aliphatic rings. The largest absolute Gasteiger partial charge is 0.370 e. The van der Waals surface area contributed by atoms with E-state index in [1.807, 2.05) is 25.1 Å². The fourth-order valence-corrected chi connectivity index (χ4v) is 3.03. The molecular formula is C17H20BrClN2. The molecule has 0 aromatic heterocycles. The molecule has 0 aliphatic heterocycles. The van der Waals surface area contributed by atoms with Crippen molar-refractivity contribution in [3.8, 4) is 0 Å². The van der Waals surface area contributed by atoms with E-state index < -0.39 is 0 Å². The van der Waals surface area contributed by atoms with Crippen molar-refractivity contribution in [3.63, 3.8) is 0 Å². The van der Waals surface area contributed by atoms with Crippen molar-refractivity contribution in [2.24, 2.45) is 5.73 Å². The van der Waals surface area contributed by atoms with Gasteiger partial charge in [-0.2, -0.15) is 0 Å². The monoisotopic (exact) mass is 366 g/mol. The van der Waals surface area contributed by atoms with E-state index in [-0.39, 0.29) is 6.04 Å². The second-order valence-electron chi connectivity index (χ2n) is 5.44. The van der Waals surface area contributed by atoms with Crippen LogP contribution in [-0.4, -0.2) is 13.1 Å². The smallest absolute Gasteiger partial charge is 0.0426 e. The molecule has 0 aliphatic carbocycles. The first-order valence-electron chi connectivity index (χ1n) is 6.95. The normalized spacial score (nSPS) is 12.2. The fourth-order valence-electron chi connectivity index (χ4n) is 2.29. The zero-order valence-electron chi connectivity index (χ0n) is 12.3. The first-order chi connectivity index (χ1) is 9.95. The van der Waals surface area contributed by atoms with E-state index in [1.165, 1.54) is 11.1 Å². The Morgan fingerprint density at radius 2 is 2.00 bits per heavy atom. The molecule has 112 valence electrons. The Kier molecular flexibility index (Phi) is 5.68. The lowest BCUT2D eigenvalue weighted by atomic mass is 10.1. The summed E-state index contributed by atoms with van der Waals surface area (Å²) in [5, 5.41) is 0.773. The van der Waals surface area contributed by atoms with Crippen molar-refractivity contribution < 1.29 is 0 Å². The lowest BCUT2D eigenvalue weighted by Gasteiger charge is -2.21. The van der Waals surface area contributed by atoms with Gasteiger partial charge in [-0.05, 0) is 48.7 Å². The number of benzene rings is 2. The summed E-state index contributed by atoms with van der Waals surface area (Å²) in [5.41, 5.74) is 9.46. The molecule has 2 aromatic carbocycles. The Morgan fingerprint density at radius 3 is 2.62 bits per heavy atom. The molecule has 0 amide bonds. The summed E-state index contributed by atoms with van der Waals surface area (Å²) in [7, 11) is 2.08. The maximum Gasteiger partial charge on any atom is 0.0426 e. The van der Waals surface area contributed by atoms with E-state index in [9.17, 15) is 0 Å². The molecule has 21 heavy (non-hydrogen) atoms. The van der Waals surface area contributed by atoms with Gasteiger partial charge in [-0.1, -0.05) is 45.7 Å². The second kappa shape index (κ2) is 7.30. The Balaban J connectivity index is 2.12. The third-order valence-corrected chi connectivity index (χ3v) is 4.30. The number of nitrogens with zero attached hydrogens (tertiary/aromatic N) is 1. The lowest BCUT2D eigenvalue weighted by Crippen LogP contribution is -2.19. The molecule has 2 nitrogen and oxygen atoms in total. The number of nitrogens with two attached hydrogens (primary N) is 1. The molecular weight excluding hydrogens is 348 g/mol. The van der Waals surface area contributed by atoms with E-state index in [2.05, 4.69) is 52.1 Å². The van der Waals surface area contributed by atoms with Gasteiger partial charge in [-0.3, -0.25) is 0 Å². The Bertz CT molecular complexity index is 613. The van der Waals surface area contributed by atoms with Crippen molar-refractivity contribution in [3.05, 3.63) is 63.1 Å². The van der Waals surface area contributed by atoms with Crippen LogP contribution in [0.15, 0.2) is 46.9 Å². The summed E-state index contributed by atoms with van der Waals surface area (Å²) in [6, 6.07) is 14.5. The van der Waals surface area contributed by atoms with Crippen LogP contribution in [0.25, 0.3) is 0 Å². The van der Waals surface area contributed by atoms with Crippen LogP contribution >= 0.6 is 27.5 Å². The van der Waals surface area contributed by atoms with Crippen LogP contribution in [0, 0.1) is 0 Å². The van der Waals surface area contributed by atoms with Gasteiger partial charge in [0.15, 0.2) is 0 Å². The molecule has 1 atom stereocenters. The maximum atomic E-state index is 6.03. The summed E-state index contributed by atoms with van der Waals surface area (Å²) in [4.78, 5) is 2.20. The molecule has 2 rings (SSSR count). The van der Waals surface area contributed by atoms with Gasteiger partial charge >= 0.3 is 0 Å². The fraction of sp³-hybridized carbons (Fsp3) is 0.294. The van der Waals surface area contributed by atoms with E-state index in [1.54, 1.807) is 0 Å². The van der Waals surface area contributed by atoms with Gasteiger partial charge in [0.2, 0.25) is 0 Å². The summed E-state index contributed by atoms with van der Waals surface area (Å²) in [5.74, 6) is 0. The number of hydrogen-bond acceptors (Lipinski definition) is 2. The Hall–Kier alpha value is -1.03. The van der Waals surface area contributed by atoms with Crippen molar-refractivity contribution in [1.82, 2.24) is 0 Å². The summed E-state index contributed by atoms with van der Waals surface area (Å²) in [6.45, 7) is 2.84. The predicted molar refractivity (Wildman–Crippen MR) is 95.1 cm³/mol. The molecule has 2 aromatic rings. The van der Waals surface area contributed by atoms with Crippen LogP contribution in [0.5, 0.6) is 0 Å². The van der Waals surface area contributed by atoms with E-state index in [4.69, 9.17) is 17.3 Å². The van der Waals surface area contributed by atoms with Crippen LogP contribution in [0.2, 0.25) is 5.02 Å². The highest BCUT2D eigenvalue weighted by Gasteiger charge is 2.07. The molecule has 0 radical (unpaired) electrons. The highest BCUT2D eigenvalue weighted by molar-refractivity contribution is 9.10. The highest BCUT2D eigenvalue weighted by atomic mass is 79.9. The van der Waals surface area contributed by atoms with Gasteiger partial charge in [-0.25, -0.2) is 0 Å². The molecule has 0 spiro atoms. The Morgan fingerprint density at radius 1 is 1.24 bits per heavy atom. The molecule has 0 saturated heterocycles. The molecule has 4 heteroatoms. The van der Waals surface area contributed by atoms with Gasteiger partial charge in [0.05, 0.1) is 0 Å². The van der Waals surface area contributed by atoms with Crippen LogP contribution in [0.1, 0.15) is 18.1 Å². The van der Waals surface area contributed by atoms with Crippen molar-refractivity contribution >= 4 is 33.2 Å². The van der Waals surface area contributed by atoms with Crippen molar-refractivity contribution in [2.75, 3.05) is 11.9 Å². The summed E-state index contributed by atoms with van der Waals surface area (Å²) >= 11 is 9.67. The first kappa shape index (κ1) is 16.3. The van der Waals surface area contributed by atoms with Gasteiger partial charge < -0.3 is 10.6 Å². The van der Waals surface area contributed by atoms with E-state index >= 15 is 0 Å². The van der Waals surface area contributed by atoms with Crippen LogP contribution in [0.4, 0.5) is 5.69 Å². The first-order valence-corrected chi connectivity index (χ1v) is 8.12. The third-order valence-electron chi connectivity index (χ3n) is 3.33. The molecule has 0 saturated carbocycles. The predicted octanol–water partition coefficient (Wildman–Crippen LogP) is 4.63. The van der Waals surface area contributed by atoms with Crippen LogP contribution in [-0.2, 0) is 13.0 Å². The molecule has 1 unspecified atom stereocenters. The molecule has 2 N–H and O–H groups in total. The molecule has 0 fully saturated rings. The van der Waals surface area contributed by atoms with Gasteiger partial charge in [0.1, 0.15) is 0 Å². The minimum atomic E-state index is 0.163. The van der Waals surface area contributed by atoms with Crippen molar-refractivity contribution in [2.45, 2.75) is 25.9 Å². The molecule has 0 bridgehead atoms. The Labute approximate surface area is 140 Å². The minimum Gasteiger partial charge on any atom is -0.370 e. The SMILES string of the molecule is CC(N)Cc1ccc(N(C)Cc2cccc(Cl)c2)cc1Br. The number of halogens is 2. The van der Waals surface area contributed by atoms with Crippen LogP contribution < -0.4 is 10.6 Å². The number of hydrogen-bond donors (Lipinski definition) is 1. The maximum absolute atomic E-state index is 6.03. The third kappa shape index (κ3) is 4.73. The van der Waals surface area contributed by atoms with Crippen molar-refractivity contribution in [1.29, 1.82) is 0 Å². The van der Waals surface area contributed by atoms with E-state index in [0.29, 0.717) is 0 Å². The number of rotatable bonds is 5. The standard InChI is InChI=1S/C17H20BrClN2/c1-12(20)8-14-6-7-16(10-17(14)18)21(2)11-13-4-3-5-15(19)9-13/h3-7,9-10,12H,8,11,20H2,1-2H3. The number of anilines is 1. The topological polar surface area (TPSA) is 29.3 Å². The quantitative estimate of drug-likeness (QED) is 0.835. The minimum absolute atomic E-state index is 0.163. The zero-order valence-corrected chi connectivity index (χ0v) is 14.7. The lowest BCUT2D eigenvalue weighted by molar-refractivity contribution is 0.736. The highest BCUT2D eigenvalue weighted by Crippen LogP contribution is 2.25. The summed E-state index contributed by atoms with van der Waals surface area (Å²) < 4.78 is 1.11.